The van der Waals surface area contributed by atoms with Gasteiger partial charge in [-0.15, -0.1) is 0 Å². The molecule has 24 heavy (non-hydrogen) atoms. The minimum absolute atomic E-state index is 0.216. The Morgan fingerprint density at radius 2 is 2.08 bits per heavy atom. The van der Waals surface area contributed by atoms with E-state index in [1.54, 1.807) is 48.5 Å². The van der Waals surface area contributed by atoms with Gasteiger partial charge in [-0.05, 0) is 29.8 Å². The number of nitrogens with one attached hydrogen (secondary N) is 1. The topological polar surface area (TPSA) is 56.1 Å². The largest absolute Gasteiger partial charge is 0.497 e. The van der Waals surface area contributed by atoms with Gasteiger partial charge in [-0.1, -0.05) is 35.9 Å². The summed E-state index contributed by atoms with van der Waals surface area (Å²) in [6.45, 7) is 0.536. The number of carbonyl (C=O) groups is 1. The molecule has 6 heteroatoms. The first kappa shape index (κ1) is 16.1. The molecule has 0 unspecified atom stereocenters. The fourth-order valence-electron chi connectivity index (χ4n) is 2.28. The minimum atomic E-state index is -0.216. The number of benzene rings is 2. The van der Waals surface area contributed by atoms with Crippen LogP contribution in [-0.2, 0) is 6.54 Å². The van der Waals surface area contributed by atoms with Crippen LogP contribution in [0.4, 0.5) is 5.69 Å². The van der Waals surface area contributed by atoms with Crippen LogP contribution in [0.1, 0.15) is 15.9 Å². The number of hydrogen-bond donors (Lipinski definition) is 1. The number of amides is 1. The van der Waals surface area contributed by atoms with Crippen molar-refractivity contribution in [2.45, 2.75) is 6.54 Å². The van der Waals surface area contributed by atoms with Crippen LogP contribution >= 0.6 is 11.6 Å². The Balaban J connectivity index is 1.69. The molecular weight excluding hydrogens is 326 g/mol. The standard InChI is InChI=1S/C18H16ClN3O2/c1-24-16-7-4-6-13(9-16)18(23)21-15-10-20-22(12-15)11-14-5-2-3-8-17(14)19/h2-10,12H,11H2,1H3,(H,21,23). The average Bonchev–Trinajstić information content (AvgIpc) is 3.04. The van der Waals surface area contributed by atoms with Crippen LogP contribution in [0.15, 0.2) is 60.9 Å². The number of ether oxygens (including phenoxy) is 1. The average molecular weight is 342 g/mol. The second-order valence-corrected chi connectivity index (χ2v) is 5.61. The summed E-state index contributed by atoms with van der Waals surface area (Å²) in [6.07, 6.45) is 3.37. The monoisotopic (exact) mass is 341 g/mol. The number of rotatable bonds is 5. The Labute approximate surface area is 144 Å². The molecule has 0 saturated heterocycles. The molecule has 3 aromatic rings. The van der Waals surface area contributed by atoms with Crippen molar-refractivity contribution in [2.24, 2.45) is 0 Å². The number of hydrogen-bond acceptors (Lipinski definition) is 3. The van der Waals surface area contributed by atoms with Gasteiger partial charge in [-0.2, -0.15) is 5.10 Å². The van der Waals surface area contributed by atoms with E-state index in [9.17, 15) is 4.79 Å². The van der Waals surface area contributed by atoms with E-state index < -0.39 is 0 Å². The third-order valence-electron chi connectivity index (χ3n) is 3.51. The Morgan fingerprint density at radius 3 is 2.88 bits per heavy atom. The summed E-state index contributed by atoms with van der Waals surface area (Å²) in [4.78, 5) is 12.3. The third kappa shape index (κ3) is 3.75. The first-order valence-electron chi connectivity index (χ1n) is 7.37. The smallest absolute Gasteiger partial charge is 0.255 e. The third-order valence-corrected chi connectivity index (χ3v) is 3.88. The molecule has 0 saturated carbocycles. The van der Waals surface area contributed by atoms with E-state index in [2.05, 4.69) is 10.4 Å². The van der Waals surface area contributed by atoms with Crippen molar-refractivity contribution in [3.8, 4) is 5.75 Å². The Hall–Kier alpha value is -2.79. The van der Waals surface area contributed by atoms with E-state index in [-0.39, 0.29) is 5.91 Å². The fraction of sp³-hybridized carbons (Fsp3) is 0.111. The van der Waals surface area contributed by atoms with E-state index >= 15 is 0 Å². The normalized spacial score (nSPS) is 10.4. The molecule has 0 aliphatic heterocycles. The van der Waals surface area contributed by atoms with Crippen LogP contribution in [0.2, 0.25) is 5.02 Å². The maximum Gasteiger partial charge on any atom is 0.255 e. The second-order valence-electron chi connectivity index (χ2n) is 5.20. The van der Waals surface area contributed by atoms with E-state index in [0.717, 1.165) is 5.56 Å². The quantitative estimate of drug-likeness (QED) is 0.767. The minimum Gasteiger partial charge on any atom is -0.497 e. The Kier molecular flexibility index (Phi) is 4.82. The predicted octanol–water partition coefficient (Wildman–Crippen LogP) is 3.85. The number of nitrogens with zero attached hydrogens (tertiary/aromatic N) is 2. The molecule has 0 aliphatic carbocycles. The van der Waals surface area contributed by atoms with Crippen molar-refractivity contribution in [3.63, 3.8) is 0 Å². The van der Waals surface area contributed by atoms with E-state index in [0.29, 0.717) is 28.6 Å². The molecule has 122 valence electrons. The Morgan fingerprint density at radius 1 is 1.25 bits per heavy atom. The molecule has 0 spiro atoms. The summed E-state index contributed by atoms with van der Waals surface area (Å²) in [5, 5.41) is 7.76. The van der Waals surface area contributed by atoms with Gasteiger partial charge in [0.25, 0.3) is 5.91 Å². The first-order chi connectivity index (χ1) is 11.7. The number of carbonyl (C=O) groups excluding carboxylic acids is 1. The molecule has 2 aromatic carbocycles. The van der Waals surface area contributed by atoms with Crippen LogP contribution in [0.25, 0.3) is 0 Å². The van der Waals surface area contributed by atoms with E-state index in [4.69, 9.17) is 16.3 Å². The SMILES string of the molecule is COc1cccc(C(=O)Nc2cnn(Cc3ccccc3Cl)c2)c1. The predicted molar refractivity (Wildman–Crippen MR) is 93.7 cm³/mol. The van der Waals surface area contributed by atoms with Crippen molar-refractivity contribution in [1.29, 1.82) is 0 Å². The van der Waals surface area contributed by atoms with Crippen LogP contribution in [0.3, 0.4) is 0 Å². The highest BCUT2D eigenvalue weighted by Crippen LogP contribution is 2.18. The van der Waals surface area contributed by atoms with E-state index in [1.807, 2.05) is 24.3 Å². The zero-order valence-electron chi connectivity index (χ0n) is 13.1. The molecule has 0 aliphatic rings. The van der Waals surface area contributed by atoms with Crippen molar-refractivity contribution >= 4 is 23.2 Å². The van der Waals surface area contributed by atoms with Crippen molar-refractivity contribution in [3.05, 3.63) is 77.1 Å². The zero-order valence-corrected chi connectivity index (χ0v) is 13.8. The molecule has 0 fully saturated rings. The molecule has 1 aromatic heterocycles. The molecule has 5 nitrogen and oxygen atoms in total. The number of anilines is 1. The molecule has 3 rings (SSSR count). The zero-order chi connectivity index (χ0) is 16.9. The van der Waals surface area contributed by atoms with Crippen molar-refractivity contribution in [1.82, 2.24) is 9.78 Å². The lowest BCUT2D eigenvalue weighted by Gasteiger charge is -2.05. The van der Waals surface area contributed by atoms with Crippen LogP contribution in [0, 0.1) is 0 Å². The molecule has 1 N–H and O–H groups in total. The number of halogens is 1. The lowest BCUT2D eigenvalue weighted by molar-refractivity contribution is 0.102. The summed E-state index contributed by atoms with van der Waals surface area (Å²) >= 11 is 6.15. The van der Waals surface area contributed by atoms with Gasteiger partial charge in [0.2, 0.25) is 0 Å². The lowest BCUT2D eigenvalue weighted by Crippen LogP contribution is -2.11. The van der Waals surface area contributed by atoms with Crippen molar-refractivity contribution < 1.29 is 9.53 Å². The molecule has 0 atom stereocenters. The van der Waals surface area contributed by atoms with Gasteiger partial charge in [0.15, 0.2) is 0 Å². The first-order valence-corrected chi connectivity index (χ1v) is 7.75. The molecule has 0 radical (unpaired) electrons. The van der Waals surface area contributed by atoms with Gasteiger partial charge >= 0.3 is 0 Å². The fourth-order valence-corrected chi connectivity index (χ4v) is 2.48. The summed E-state index contributed by atoms with van der Waals surface area (Å²) in [5.41, 5.74) is 2.11. The van der Waals surface area contributed by atoms with Crippen molar-refractivity contribution in [2.75, 3.05) is 12.4 Å². The van der Waals surface area contributed by atoms with Gasteiger partial charge in [-0.25, -0.2) is 0 Å². The maximum absolute atomic E-state index is 12.3. The van der Waals surface area contributed by atoms with Crippen LogP contribution in [0.5, 0.6) is 5.75 Å². The molecular formula is C18H16ClN3O2. The Bertz CT molecular complexity index is 861. The summed E-state index contributed by atoms with van der Waals surface area (Å²) in [7, 11) is 1.57. The molecule has 1 amide bonds. The molecule has 1 heterocycles. The van der Waals surface area contributed by atoms with Crippen LogP contribution in [-0.4, -0.2) is 22.8 Å². The van der Waals surface area contributed by atoms with Crippen LogP contribution < -0.4 is 10.1 Å². The summed E-state index contributed by atoms with van der Waals surface area (Å²) in [6, 6.07) is 14.6. The van der Waals surface area contributed by atoms with Gasteiger partial charge in [0, 0.05) is 16.8 Å². The maximum atomic E-state index is 12.3. The summed E-state index contributed by atoms with van der Waals surface area (Å²) < 4.78 is 6.85. The van der Waals surface area contributed by atoms with Gasteiger partial charge in [0.1, 0.15) is 5.75 Å². The van der Waals surface area contributed by atoms with Gasteiger partial charge in [0.05, 0.1) is 25.5 Å². The van der Waals surface area contributed by atoms with Gasteiger partial charge < -0.3 is 10.1 Å². The number of aromatic nitrogens is 2. The number of methoxy groups -OCH3 is 1. The second kappa shape index (κ2) is 7.19. The highest BCUT2D eigenvalue weighted by Gasteiger charge is 2.09. The van der Waals surface area contributed by atoms with Gasteiger partial charge in [-0.3, -0.25) is 9.48 Å². The lowest BCUT2D eigenvalue weighted by atomic mass is 10.2. The van der Waals surface area contributed by atoms with E-state index in [1.165, 1.54) is 0 Å². The highest BCUT2D eigenvalue weighted by molar-refractivity contribution is 6.31. The molecule has 0 bridgehead atoms. The summed E-state index contributed by atoms with van der Waals surface area (Å²) in [5.74, 6) is 0.420. The highest BCUT2D eigenvalue weighted by atomic mass is 35.5.